The van der Waals surface area contributed by atoms with Crippen molar-refractivity contribution in [2.45, 2.75) is 0 Å². The van der Waals surface area contributed by atoms with Crippen molar-refractivity contribution in [3.8, 4) is 5.88 Å². The predicted molar refractivity (Wildman–Crippen MR) is 49.7 cm³/mol. The highest BCUT2D eigenvalue weighted by Gasteiger charge is 1.99. The molecule has 0 aliphatic rings. The van der Waals surface area contributed by atoms with Gasteiger partial charge < -0.3 is 10.5 Å². The highest BCUT2D eigenvalue weighted by molar-refractivity contribution is 5.85. The van der Waals surface area contributed by atoms with E-state index in [9.17, 15) is 4.39 Å². The molecule has 1 rings (SSSR count). The van der Waals surface area contributed by atoms with Crippen LogP contribution in [0.15, 0.2) is 12.3 Å². The highest BCUT2D eigenvalue weighted by atomic mass is 35.5. The Bertz CT molecular complexity index is 247. The van der Waals surface area contributed by atoms with E-state index in [0.29, 0.717) is 0 Å². The number of pyridine rings is 1. The second kappa shape index (κ2) is 5.85. The molecule has 0 amide bonds. The van der Waals surface area contributed by atoms with Crippen LogP contribution in [-0.4, -0.2) is 12.1 Å². The number of rotatable bonds is 1. The maximum Gasteiger partial charge on any atom is 0.216 e. The molecule has 0 aliphatic heterocycles. The van der Waals surface area contributed by atoms with Gasteiger partial charge in [-0.2, -0.15) is 0 Å². The van der Waals surface area contributed by atoms with Gasteiger partial charge in [-0.3, -0.25) is 0 Å². The molecule has 0 radical (unpaired) electrons. The van der Waals surface area contributed by atoms with Gasteiger partial charge in [-0.25, -0.2) is 9.37 Å². The topological polar surface area (TPSA) is 48.1 Å². The molecule has 1 heterocycles. The first-order chi connectivity index (χ1) is 4.74. The molecule has 1 aromatic rings. The molecular formula is C6H9Cl2FN2O. The van der Waals surface area contributed by atoms with Gasteiger partial charge in [0.15, 0.2) is 5.82 Å². The fraction of sp³-hybridized carbons (Fsp3) is 0.167. The summed E-state index contributed by atoms with van der Waals surface area (Å²) < 4.78 is 17.2. The second-order valence-corrected chi connectivity index (χ2v) is 1.75. The van der Waals surface area contributed by atoms with Crippen molar-refractivity contribution < 1.29 is 9.13 Å². The number of nitrogens with two attached hydrogens (primary N) is 1. The number of halogens is 3. The average molecular weight is 215 g/mol. The number of nitrogens with zero attached hydrogens (tertiary/aromatic N) is 1. The van der Waals surface area contributed by atoms with Gasteiger partial charge >= 0.3 is 0 Å². The largest absolute Gasteiger partial charge is 0.481 e. The van der Waals surface area contributed by atoms with Crippen molar-refractivity contribution in [2.24, 2.45) is 0 Å². The number of aromatic nitrogens is 1. The summed E-state index contributed by atoms with van der Waals surface area (Å²) in [4.78, 5) is 3.67. The maximum atomic E-state index is 12.5. The average Bonchev–Trinajstić information content (AvgIpc) is 1.95. The summed E-state index contributed by atoms with van der Waals surface area (Å²) >= 11 is 0. The van der Waals surface area contributed by atoms with Gasteiger partial charge in [-0.05, 0) is 0 Å². The number of anilines is 1. The summed E-state index contributed by atoms with van der Waals surface area (Å²) in [5, 5.41) is 0. The molecule has 0 unspecified atom stereocenters. The zero-order chi connectivity index (χ0) is 7.56. The molecule has 6 heteroatoms. The Balaban J connectivity index is 0. The zero-order valence-electron chi connectivity index (χ0n) is 6.28. The lowest BCUT2D eigenvalue weighted by atomic mass is 10.4. The molecule has 2 N–H and O–H groups in total. The predicted octanol–water partition coefficient (Wildman–Crippen LogP) is 1.66. The summed E-state index contributed by atoms with van der Waals surface area (Å²) in [6, 6.07) is 1.13. The zero-order valence-corrected chi connectivity index (χ0v) is 7.91. The smallest absolute Gasteiger partial charge is 0.216 e. The van der Waals surface area contributed by atoms with E-state index < -0.39 is 5.82 Å². The molecule has 0 aliphatic carbocycles. The molecule has 0 aromatic carbocycles. The summed E-state index contributed by atoms with van der Waals surface area (Å²) in [7, 11) is 1.41. The van der Waals surface area contributed by atoms with Crippen molar-refractivity contribution in [3.63, 3.8) is 0 Å². The Hall–Kier alpha value is -0.740. The maximum absolute atomic E-state index is 12.5. The fourth-order valence-electron chi connectivity index (χ4n) is 0.535. The van der Waals surface area contributed by atoms with Crippen molar-refractivity contribution in [3.05, 3.63) is 18.1 Å². The van der Waals surface area contributed by atoms with Crippen molar-refractivity contribution in [1.29, 1.82) is 0 Å². The molecule has 1 aromatic heterocycles. The van der Waals surface area contributed by atoms with Crippen molar-refractivity contribution >= 4 is 30.5 Å². The van der Waals surface area contributed by atoms with Crippen LogP contribution in [0.25, 0.3) is 0 Å². The van der Waals surface area contributed by atoms with Gasteiger partial charge in [0.25, 0.3) is 0 Å². The van der Waals surface area contributed by atoms with E-state index >= 15 is 0 Å². The number of methoxy groups -OCH3 is 1. The van der Waals surface area contributed by atoms with Gasteiger partial charge in [0.05, 0.1) is 19.0 Å². The molecule has 70 valence electrons. The van der Waals surface area contributed by atoms with Gasteiger partial charge in [-0.15, -0.1) is 24.8 Å². The van der Waals surface area contributed by atoms with E-state index in [1.54, 1.807) is 0 Å². The summed E-state index contributed by atoms with van der Waals surface area (Å²) in [5.74, 6) is -0.279. The number of ether oxygens (including phenoxy) is 1. The van der Waals surface area contributed by atoms with Gasteiger partial charge in [-0.1, -0.05) is 0 Å². The third kappa shape index (κ3) is 3.11. The highest BCUT2D eigenvalue weighted by Crippen LogP contribution is 2.12. The quantitative estimate of drug-likeness (QED) is 0.774. The van der Waals surface area contributed by atoms with Crippen LogP contribution in [-0.2, 0) is 0 Å². The summed E-state index contributed by atoms with van der Waals surface area (Å²) in [6.07, 6.45) is 1.22. The first-order valence-electron chi connectivity index (χ1n) is 2.69. The van der Waals surface area contributed by atoms with Crippen LogP contribution in [0.1, 0.15) is 0 Å². The molecule has 0 saturated heterocycles. The number of nitrogen functional groups attached to an aromatic ring is 1. The minimum Gasteiger partial charge on any atom is -0.481 e. The molecule has 12 heavy (non-hydrogen) atoms. The van der Waals surface area contributed by atoms with Crippen LogP contribution in [0.2, 0.25) is 0 Å². The van der Waals surface area contributed by atoms with Crippen LogP contribution in [0.3, 0.4) is 0 Å². The van der Waals surface area contributed by atoms with Crippen molar-refractivity contribution in [2.75, 3.05) is 12.8 Å². The Morgan fingerprint density at radius 1 is 1.50 bits per heavy atom. The lowest BCUT2D eigenvalue weighted by molar-refractivity contribution is 0.394. The van der Waals surface area contributed by atoms with Crippen molar-refractivity contribution in [1.82, 2.24) is 4.98 Å². The Kier molecular flexibility index (Phi) is 6.74. The molecular weight excluding hydrogens is 206 g/mol. The van der Waals surface area contributed by atoms with Crippen LogP contribution in [0.4, 0.5) is 10.1 Å². The van der Waals surface area contributed by atoms with E-state index in [1.165, 1.54) is 13.3 Å². The lowest BCUT2D eigenvalue weighted by Gasteiger charge is -1.98. The third-order valence-electron chi connectivity index (χ3n) is 1.07. The van der Waals surface area contributed by atoms with E-state index in [1.807, 2.05) is 0 Å². The molecule has 0 fully saturated rings. The SMILES string of the molecule is COc1cc(F)c(N)cn1.Cl.Cl. The normalized spacial score (nSPS) is 7.83. The number of hydrogen-bond acceptors (Lipinski definition) is 3. The van der Waals surface area contributed by atoms with Gasteiger partial charge in [0.2, 0.25) is 5.88 Å². The molecule has 0 bridgehead atoms. The lowest BCUT2D eigenvalue weighted by Crippen LogP contribution is -1.94. The monoisotopic (exact) mass is 214 g/mol. The summed E-state index contributed by atoms with van der Waals surface area (Å²) in [6.45, 7) is 0. The van der Waals surface area contributed by atoms with Gasteiger partial charge in [0.1, 0.15) is 0 Å². The van der Waals surface area contributed by atoms with Crippen LogP contribution in [0.5, 0.6) is 5.88 Å². The molecule has 0 saturated carbocycles. The van der Waals surface area contributed by atoms with Crippen LogP contribution in [0, 0.1) is 5.82 Å². The fourth-order valence-corrected chi connectivity index (χ4v) is 0.535. The standard InChI is InChI=1S/C6H7FN2O.2ClH/c1-10-6-2-4(7)5(8)3-9-6;;/h2-3H,8H2,1H3;2*1H. The Morgan fingerprint density at radius 3 is 2.50 bits per heavy atom. The minimum absolute atomic E-state index is 0. The third-order valence-corrected chi connectivity index (χ3v) is 1.07. The Labute approximate surface area is 81.9 Å². The van der Waals surface area contributed by atoms with Crippen LogP contribution < -0.4 is 10.5 Å². The Morgan fingerprint density at radius 2 is 2.08 bits per heavy atom. The van der Waals surface area contributed by atoms with Crippen LogP contribution >= 0.6 is 24.8 Å². The second-order valence-electron chi connectivity index (χ2n) is 1.75. The molecule has 3 nitrogen and oxygen atoms in total. The van der Waals surface area contributed by atoms with E-state index in [-0.39, 0.29) is 36.4 Å². The van der Waals surface area contributed by atoms with E-state index in [4.69, 9.17) is 5.73 Å². The van der Waals surface area contributed by atoms with E-state index in [2.05, 4.69) is 9.72 Å². The summed E-state index contributed by atoms with van der Waals surface area (Å²) in [5.41, 5.74) is 5.18. The molecule has 0 spiro atoms. The van der Waals surface area contributed by atoms with Gasteiger partial charge in [0, 0.05) is 6.07 Å². The number of hydrogen-bond donors (Lipinski definition) is 1. The van der Waals surface area contributed by atoms with E-state index in [0.717, 1.165) is 6.07 Å². The first kappa shape index (κ1) is 13.8. The minimum atomic E-state index is -0.508. The molecule has 0 atom stereocenters. The first-order valence-corrected chi connectivity index (χ1v) is 2.69.